The van der Waals surface area contributed by atoms with Gasteiger partial charge in [0.1, 0.15) is 5.75 Å². The lowest BCUT2D eigenvalue weighted by Crippen LogP contribution is -2.28. The topological polar surface area (TPSA) is 46.5 Å². The normalized spacial score (nSPS) is 24.3. The molecule has 0 saturated heterocycles. The van der Waals surface area contributed by atoms with Gasteiger partial charge in [-0.25, -0.2) is 0 Å². The summed E-state index contributed by atoms with van der Waals surface area (Å²) in [5, 5.41) is 9.41. The smallest absolute Gasteiger partial charge is 0.416 e. The first kappa shape index (κ1) is 14.7. The number of carbonyl (C=O) groups is 1. The van der Waals surface area contributed by atoms with Crippen LogP contribution in [0.5, 0.6) is 5.75 Å². The van der Waals surface area contributed by atoms with Crippen LogP contribution in [0.2, 0.25) is 0 Å². The Balaban J connectivity index is 2.66. The van der Waals surface area contributed by atoms with Crippen LogP contribution in [0.15, 0.2) is 18.2 Å². The van der Waals surface area contributed by atoms with Crippen molar-refractivity contribution in [3.8, 4) is 5.75 Å². The largest absolute Gasteiger partial charge is 0.497 e. The molecule has 0 amide bonds. The highest BCUT2D eigenvalue weighted by molar-refractivity contribution is 5.87. The molecule has 1 atom stereocenters. The molecule has 110 valence electrons. The molecular weight excluding hydrogens is 273 g/mol. The third-order valence-electron chi connectivity index (χ3n) is 4.09. The van der Waals surface area contributed by atoms with E-state index in [1.54, 1.807) is 13.8 Å². The van der Waals surface area contributed by atoms with Crippen LogP contribution in [0, 0.1) is 5.41 Å². The van der Waals surface area contributed by atoms with Gasteiger partial charge in [-0.1, -0.05) is 19.9 Å². The summed E-state index contributed by atoms with van der Waals surface area (Å²) in [6.07, 6.45) is -4.43. The Morgan fingerprint density at radius 3 is 2.25 bits per heavy atom. The quantitative estimate of drug-likeness (QED) is 0.926. The molecule has 20 heavy (non-hydrogen) atoms. The Bertz CT molecular complexity index is 563. The second kappa shape index (κ2) is 4.14. The van der Waals surface area contributed by atoms with E-state index in [1.165, 1.54) is 19.2 Å². The summed E-state index contributed by atoms with van der Waals surface area (Å²) in [7, 11) is 1.27. The van der Waals surface area contributed by atoms with Crippen LogP contribution >= 0.6 is 0 Å². The number of hydrogen-bond donors (Lipinski definition) is 1. The first-order chi connectivity index (χ1) is 9.06. The van der Waals surface area contributed by atoms with Crippen LogP contribution in [0.1, 0.15) is 31.4 Å². The number of ether oxygens (including phenoxy) is 1. The van der Waals surface area contributed by atoms with Gasteiger partial charge in [0, 0.05) is 0 Å². The molecule has 0 heterocycles. The van der Waals surface area contributed by atoms with E-state index in [-0.39, 0.29) is 17.7 Å². The summed E-state index contributed by atoms with van der Waals surface area (Å²) in [5.41, 5.74) is -3.31. The first-order valence-electron chi connectivity index (χ1n) is 6.05. The van der Waals surface area contributed by atoms with Crippen molar-refractivity contribution in [1.29, 1.82) is 0 Å². The van der Waals surface area contributed by atoms with Gasteiger partial charge in [0.15, 0.2) is 0 Å². The standard InChI is InChI=1S/C14H15F3O3/c1-12(2)7-13(12,11(18)19)9-5-4-8(20-3)6-10(9)14(15,16)17/h4-6H,7H2,1-3H3,(H,18,19). The van der Waals surface area contributed by atoms with E-state index in [0.717, 1.165) is 6.07 Å². The second-order valence-electron chi connectivity index (χ2n) is 5.68. The molecule has 0 spiro atoms. The van der Waals surface area contributed by atoms with Crippen LogP contribution in [-0.2, 0) is 16.4 Å². The Hall–Kier alpha value is -1.72. The fraction of sp³-hybridized carbons (Fsp3) is 0.500. The van der Waals surface area contributed by atoms with Crippen molar-refractivity contribution in [2.24, 2.45) is 5.41 Å². The number of aliphatic carboxylic acids is 1. The lowest BCUT2D eigenvalue weighted by atomic mass is 9.84. The average molecular weight is 288 g/mol. The van der Waals surface area contributed by atoms with Crippen LogP contribution in [0.4, 0.5) is 13.2 Å². The van der Waals surface area contributed by atoms with Gasteiger partial charge in [-0.05, 0) is 29.5 Å². The Labute approximate surface area is 114 Å². The van der Waals surface area contributed by atoms with Crippen LogP contribution in [-0.4, -0.2) is 18.2 Å². The molecule has 2 rings (SSSR count). The number of alkyl halides is 3. The molecule has 1 aromatic carbocycles. The number of rotatable bonds is 3. The lowest BCUT2D eigenvalue weighted by molar-refractivity contribution is -0.143. The van der Waals surface area contributed by atoms with Crippen molar-refractivity contribution in [1.82, 2.24) is 0 Å². The number of carboxylic acids is 1. The Kier molecular flexibility index (Phi) is 3.04. The highest BCUT2D eigenvalue weighted by Crippen LogP contribution is 2.66. The maximum Gasteiger partial charge on any atom is 0.416 e. The van der Waals surface area contributed by atoms with Crippen LogP contribution in [0.25, 0.3) is 0 Å². The van der Waals surface area contributed by atoms with Crippen molar-refractivity contribution in [2.45, 2.75) is 31.9 Å². The van der Waals surface area contributed by atoms with Gasteiger partial charge in [0.2, 0.25) is 0 Å². The predicted molar refractivity (Wildman–Crippen MR) is 65.7 cm³/mol. The molecular formula is C14H15F3O3. The molecule has 0 bridgehead atoms. The number of halogens is 3. The molecule has 6 heteroatoms. The predicted octanol–water partition coefficient (Wildman–Crippen LogP) is 3.47. The summed E-state index contributed by atoms with van der Waals surface area (Å²) >= 11 is 0. The molecule has 3 nitrogen and oxygen atoms in total. The molecule has 1 aromatic rings. The summed E-state index contributed by atoms with van der Waals surface area (Å²) in [4.78, 5) is 11.5. The number of hydrogen-bond acceptors (Lipinski definition) is 2. The van der Waals surface area contributed by atoms with E-state index in [9.17, 15) is 23.1 Å². The Morgan fingerprint density at radius 1 is 1.35 bits per heavy atom. The molecule has 1 aliphatic rings. The molecule has 1 N–H and O–H groups in total. The molecule has 0 aromatic heterocycles. The average Bonchev–Trinajstić information content (AvgIpc) is 2.92. The van der Waals surface area contributed by atoms with Crippen LogP contribution < -0.4 is 4.74 Å². The third kappa shape index (κ3) is 1.94. The van der Waals surface area contributed by atoms with Crippen molar-refractivity contribution in [2.75, 3.05) is 7.11 Å². The van der Waals surface area contributed by atoms with E-state index in [1.807, 2.05) is 0 Å². The highest BCUT2D eigenvalue weighted by atomic mass is 19.4. The summed E-state index contributed by atoms with van der Waals surface area (Å²) in [6, 6.07) is 3.43. The zero-order valence-electron chi connectivity index (χ0n) is 11.3. The van der Waals surface area contributed by atoms with Gasteiger partial charge in [-0.2, -0.15) is 13.2 Å². The third-order valence-corrected chi connectivity index (χ3v) is 4.09. The molecule has 1 unspecified atom stereocenters. The van der Waals surface area contributed by atoms with E-state index in [2.05, 4.69) is 0 Å². The maximum atomic E-state index is 13.2. The van der Waals surface area contributed by atoms with Crippen molar-refractivity contribution >= 4 is 5.97 Å². The van der Waals surface area contributed by atoms with E-state index >= 15 is 0 Å². The molecule has 1 aliphatic carbocycles. The van der Waals surface area contributed by atoms with E-state index in [0.29, 0.717) is 0 Å². The maximum absolute atomic E-state index is 13.2. The monoisotopic (exact) mass is 288 g/mol. The molecule has 0 aliphatic heterocycles. The number of benzene rings is 1. The van der Waals surface area contributed by atoms with Gasteiger partial charge in [0.25, 0.3) is 0 Å². The second-order valence-corrected chi connectivity index (χ2v) is 5.68. The molecule has 1 fully saturated rings. The minimum Gasteiger partial charge on any atom is -0.497 e. The lowest BCUT2D eigenvalue weighted by Gasteiger charge is -2.22. The zero-order valence-corrected chi connectivity index (χ0v) is 11.3. The molecule has 1 saturated carbocycles. The zero-order chi connectivity index (χ0) is 15.3. The summed E-state index contributed by atoms with van der Waals surface area (Å²) in [6.45, 7) is 3.32. The number of methoxy groups -OCH3 is 1. The summed E-state index contributed by atoms with van der Waals surface area (Å²) < 4.78 is 44.4. The van der Waals surface area contributed by atoms with Gasteiger partial charge in [-0.3, -0.25) is 4.79 Å². The van der Waals surface area contributed by atoms with Crippen molar-refractivity contribution in [3.05, 3.63) is 29.3 Å². The van der Waals surface area contributed by atoms with Gasteiger partial charge >= 0.3 is 12.1 Å². The van der Waals surface area contributed by atoms with E-state index < -0.39 is 28.5 Å². The van der Waals surface area contributed by atoms with Crippen molar-refractivity contribution < 1.29 is 27.8 Å². The van der Waals surface area contributed by atoms with Crippen LogP contribution in [0.3, 0.4) is 0 Å². The van der Waals surface area contributed by atoms with Crippen molar-refractivity contribution in [3.63, 3.8) is 0 Å². The molecule has 0 radical (unpaired) electrons. The van der Waals surface area contributed by atoms with Gasteiger partial charge in [-0.15, -0.1) is 0 Å². The number of carboxylic acid groups (broad SMARTS) is 1. The van der Waals surface area contributed by atoms with E-state index in [4.69, 9.17) is 4.74 Å². The van der Waals surface area contributed by atoms with Gasteiger partial charge in [0.05, 0.1) is 18.1 Å². The highest BCUT2D eigenvalue weighted by Gasteiger charge is 2.69. The SMILES string of the molecule is COc1ccc(C2(C(=O)O)CC2(C)C)c(C(F)(F)F)c1. The fourth-order valence-electron chi connectivity index (χ4n) is 2.82. The summed E-state index contributed by atoms with van der Waals surface area (Å²) in [5.74, 6) is -1.17. The minimum absolute atomic E-state index is 0.0556. The first-order valence-corrected chi connectivity index (χ1v) is 6.05. The Morgan fingerprint density at radius 2 is 1.90 bits per heavy atom. The fourth-order valence-corrected chi connectivity index (χ4v) is 2.82. The van der Waals surface area contributed by atoms with Gasteiger partial charge < -0.3 is 9.84 Å². The minimum atomic E-state index is -4.62.